The standard InChI is InChI=1S/C27H38O10/c1-8-10-11-12-22(28)36-18(5)27(6,31)26(30)35-17(4)23(37-25(29)16(3)9-2)19-13-20(32-7)24-21(14-19)33-15-34-24/h9,13-14,17-18,23,31H,8,10-12,15H2,1-7H3/b16-9-/t17-,18+,23-,27-/m1/s1. The van der Waals surface area contributed by atoms with Crippen LogP contribution >= 0.6 is 0 Å². The van der Waals surface area contributed by atoms with E-state index in [1.165, 1.54) is 27.9 Å². The molecule has 0 saturated carbocycles. The third-order valence-corrected chi connectivity index (χ3v) is 6.22. The number of carbonyl (C=O) groups is 3. The zero-order valence-corrected chi connectivity index (χ0v) is 22.6. The molecule has 0 unspecified atom stereocenters. The van der Waals surface area contributed by atoms with Gasteiger partial charge in [0.2, 0.25) is 12.5 Å². The van der Waals surface area contributed by atoms with E-state index in [0.29, 0.717) is 34.8 Å². The lowest BCUT2D eigenvalue weighted by molar-refractivity contribution is -0.193. The Balaban J connectivity index is 2.25. The topological polar surface area (TPSA) is 127 Å². The van der Waals surface area contributed by atoms with Crippen LogP contribution in [0.3, 0.4) is 0 Å². The second-order valence-corrected chi connectivity index (χ2v) is 9.10. The van der Waals surface area contributed by atoms with Gasteiger partial charge in [-0.05, 0) is 53.2 Å². The number of carbonyl (C=O) groups excluding carboxylic acids is 3. The molecule has 1 aromatic carbocycles. The minimum absolute atomic E-state index is 0.000257. The first kappa shape index (κ1) is 30.0. The molecule has 1 heterocycles. The molecule has 0 amide bonds. The Morgan fingerprint density at radius 2 is 1.84 bits per heavy atom. The quantitative estimate of drug-likeness (QED) is 0.174. The molecule has 206 valence electrons. The van der Waals surface area contributed by atoms with Gasteiger partial charge in [0.1, 0.15) is 12.2 Å². The molecule has 0 saturated heterocycles. The van der Waals surface area contributed by atoms with Crippen molar-refractivity contribution in [2.45, 2.75) is 91.1 Å². The lowest BCUT2D eigenvalue weighted by atomic mass is 9.99. The lowest BCUT2D eigenvalue weighted by Crippen LogP contribution is -2.49. The first-order valence-corrected chi connectivity index (χ1v) is 12.4. The molecule has 4 atom stereocenters. The molecule has 0 aliphatic carbocycles. The highest BCUT2D eigenvalue weighted by Crippen LogP contribution is 2.44. The molecule has 0 spiro atoms. The SMILES string of the molecule is C/C=C(/C)C(=O)O[C@@H](c1cc(OC)c2c(c1)OCO2)[C@@H](C)OC(=O)[C@](C)(O)[C@H](C)OC(=O)CCCCC. The fourth-order valence-electron chi connectivity index (χ4n) is 3.48. The summed E-state index contributed by atoms with van der Waals surface area (Å²) in [6.45, 7) is 9.45. The molecule has 0 fully saturated rings. The van der Waals surface area contributed by atoms with Crippen LogP contribution < -0.4 is 14.2 Å². The molecule has 0 bridgehead atoms. The Morgan fingerprint density at radius 3 is 2.46 bits per heavy atom. The van der Waals surface area contributed by atoms with Crippen LogP contribution in [-0.2, 0) is 28.6 Å². The van der Waals surface area contributed by atoms with Crippen molar-refractivity contribution in [1.29, 1.82) is 0 Å². The van der Waals surface area contributed by atoms with Crippen LogP contribution in [0.4, 0.5) is 0 Å². The van der Waals surface area contributed by atoms with Crippen LogP contribution in [-0.4, -0.2) is 54.7 Å². The van der Waals surface area contributed by atoms with Gasteiger partial charge in [0.15, 0.2) is 23.2 Å². The van der Waals surface area contributed by atoms with Crippen LogP contribution in [0.15, 0.2) is 23.8 Å². The Hall–Kier alpha value is -3.27. The number of unbranched alkanes of at least 4 members (excludes halogenated alkanes) is 2. The summed E-state index contributed by atoms with van der Waals surface area (Å²) in [5.74, 6) is -1.03. The van der Waals surface area contributed by atoms with Crippen molar-refractivity contribution in [1.82, 2.24) is 0 Å². The molecule has 0 aromatic heterocycles. The molecule has 2 rings (SSSR count). The summed E-state index contributed by atoms with van der Waals surface area (Å²) in [6.07, 6.45) is 0.950. The van der Waals surface area contributed by atoms with Gasteiger partial charge in [-0.3, -0.25) is 4.79 Å². The maximum Gasteiger partial charge on any atom is 0.342 e. The normalized spacial score (nSPS) is 16.7. The number of hydrogen-bond donors (Lipinski definition) is 1. The summed E-state index contributed by atoms with van der Waals surface area (Å²) in [5, 5.41) is 10.9. The smallest absolute Gasteiger partial charge is 0.342 e. The van der Waals surface area contributed by atoms with Crippen LogP contribution in [0, 0.1) is 0 Å². The molecular weight excluding hydrogens is 484 g/mol. The summed E-state index contributed by atoms with van der Waals surface area (Å²) >= 11 is 0. The molecule has 1 aliphatic rings. The van der Waals surface area contributed by atoms with Crippen LogP contribution in [0.2, 0.25) is 0 Å². The average molecular weight is 523 g/mol. The second-order valence-electron chi connectivity index (χ2n) is 9.10. The summed E-state index contributed by atoms with van der Waals surface area (Å²) in [4.78, 5) is 37.7. The number of allylic oxidation sites excluding steroid dienone is 1. The fourth-order valence-corrected chi connectivity index (χ4v) is 3.48. The Bertz CT molecular complexity index is 997. The van der Waals surface area contributed by atoms with Crippen molar-refractivity contribution in [2.24, 2.45) is 0 Å². The molecule has 1 aromatic rings. The zero-order chi connectivity index (χ0) is 27.8. The van der Waals surface area contributed by atoms with E-state index < -0.39 is 41.8 Å². The first-order valence-electron chi connectivity index (χ1n) is 12.4. The van der Waals surface area contributed by atoms with Crippen LogP contribution in [0.5, 0.6) is 17.2 Å². The highest BCUT2D eigenvalue weighted by atomic mass is 16.7. The van der Waals surface area contributed by atoms with Crippen molar-refractivity contribution >= 4 is 17.9 Å². The average Bonchev–Trinajstić information content (AvgIpc) is 3.34. The number of ether oxygens (including phenoxy) is 6. The third kappa shape index (κ3) is 7.61. The van der Waals surface area contributed by atoms with Gasteiger partial charge < -0.3 is 33.5 Å². The molecule has 37 heavy (non-hydrogen) atoms. The fraction of sp³-hybridized carbons (Fsp3) is 0.593. The molecule has 0 radical (unpaired) electrons. The highest BCUT2D eigenvalue weighted by molar-refractivity contribution is 5.88. The maximum atomic E-state index is 13.0. The van der Waals surface area contributed by atoms with Gasteiger partial charge in [-0.2, -0.15) is 0 Å². The van der Waals surface area contributed by atoms with Gasteiger partial charge >= 0.3 is 17.9 Å². The van der Waals surface area contributed by atoms with E-state index in [0.717, 1.165) is 12.8 Å². The van der Waals surface area contributed by atoms with Crippen molar-refractivity contribution in [3.05, 3.63) is 29.3 Å². The second kappa shape index (κ2) is 13.3. The van der Waals surface area contributed by atoms with Crippen LogP contribution in [0.25, 0.3) is 0 Å². The van der Waals surface area contributed by atoms with Crippen LogP contribution in [0.1, 0.15) is 78.9 Å². The monoisotopic (exact) mass is 522 g/mol. The van der Waals surface area contributed by atoms with Crippen molar-refractivity contribution in [2.75, 3.05) is 13.9 Å². The summed E-state index contributed by atoms with van der Waals surface area (Å²) < 4.78 is 32.8. The number of esters is 3. The van der Waals surface area contributed by atoms with Gasteiger partial charge in [-0.15, -0.1) is 0 Å². The van der Waals surface area contributed by atoms with E-state index >= 15 is 0 Å². The van der Waals surface area contributed by atoms with Crippen molar-refractivity contribution in [3.8, 4) is 17.2 Å². The predicted molar refractivity (Wildman–Crippen MR) is 133 cm³/mol. The van der Waals surface area contributed by atoms with Gasteiger partial charge in [0.25, 0.3) is 0 Å². The zero-order valence-electron chi connectivity index (χ0n) is 22.6. The molecule has 1 N–H and O–H groups in total. The Kier molecular flexibility index (Phi) is 10.8. The van der Waals surface area contributed by atoms with E-state index in [4.69, 9.17) is 28.4 Å². The number of benzene rings is 1. The lowest BCUT2D eigenvalue weighted by Gasteiger charge is -2.31. The summed E-state index contributed by atoms with van der Waals surface area (Å²) in [7, 11) is 1.46. The van der Waals surface area contributed by atoms with Crippen molar-refractivity contribution < 1.29 is 47.9 Å². The predicted octanol–water partition coefficient (Wildman–Crippen LogP) is 4.17. The molecule has 10 heteroatoms. The Morgan fingerprint density at radius 1 is 1.14 bits per heavy atom. The minimum Gasteiger partial charge on any atom is -0.493 e. The van der Waals surface area contributed by atoms with Gasteiger partial charge in [0, 0.05) is 17.6 Å². The first-order chi connectivity index (χ1) is 17.5. The molecular formula is C27H38O10. The number of hydrogen-bond acceptors (Lipinski definition) is 10. The number of fused-ring (bicyclic) bond motifs is 1. The van der Waals surface area contributed by atoms with Crippen molar-refractivity contribution in [3.63, 3.8) is 0 Å². The number of methoxy groups -OCH3 is 1. The van der Waals surface area contributed by atoms with E-state index in [9.17, 15) is 19.5 Å². The summed E-state index contributed by atoms with van der Waals surface area (Å²) in [6, 6.07) is 3.20. The third-order valence-electron chi connectivity index (χ3n) is 6.22. The number of rotatable bonds is 13. The van der Waals surface area contributed by atoms with Gasteiger partial charge in [-0.1, -0.05) is 25.8 Å². The largest absolute Gasteiger partial charge is 0.493 e. The highest BCUT2D eigenvalue weighted by Gasteiger charge is 2.43. The molecule has 10 nitrogen and oxygen atoms in total. The Labute approximate surface area is 217 Å². The number of aliphatic hydroxyl groups is 1. The van der Waals surface area contributed by atoms with E-state index in [1.54, 1.807) is 32.1 Å². The van der Waals surface area contributed by atoms with E-state index in [-0.39, 0.29) is 13.2 Å². The summed E-state index contributed by atoms with van der Waals surface area (Å²) in [5.41, 5.74) is -1.37. The minimum atomic E-state index is -2.14. The molecule has 1 aliphatic heterocycles. The maximum absolute atomic E-state index is 13.0. The van der Waals surface area contributed by atoms with Gasteiger partial charge in [0.05, 0.1) is 7.11 Å². The van der Waals surface area contributed by atoms with Gasteiger partial charge in [-0.25, -0.2) is 9.59 Å². The van der Waals surface area contributed by atoms with E-state index in [1.807, 2.05) is 6.92 Å². The van der Waals surface area contributed by atoms with E-state index in [2.05, 4.69) is 0 Å².